The lowest BCUT2D eigenvalue weighted by molar-refractivity contribution is -0.123. The maximum absolute atomic E-state index is 12.5. The molecule has 0 saturated carbocycles. The van der Waals surface area contributed by atoms with Crippen molar-refractivity contribution in [2.45, 2.75) is 0 Å². The molecule has 2 aromatic carbocycles. The zero-order valence-electron chi connectivity index (χ0n) is 14.7. The van der Waals surface area contributed by atoms with Gasteiger partial charge in [0.1, 0.15) is 24.7 Å². The molecule has 0 unspecified atom stereocenters. The van der Waals surface area contributed by atoms with Crippen molar-refractivity contribution in [1.82, 2.24) is 4.90 Å². The van der Waals surface area contributed by atoms with Crippen LogP contribution in [0.4, 0.5) is 4.79 Å². The van der Waals surface area contributed by atoms with Crippen LogP contribution in [0.15, 0.2) is 72.2 Å². The Bertz CT molecular complexity index is 863. The number of ether oxygens (including phenoxy) is 2. The van der Waals surface area contributed by atoms with E-state index in [1.165, 1.54) is 4.90 Å². The highest BCUT2D eigenvalue weighted by molar-refractivity contribution is 8.18. The van der Waals surface area contributed by atoms with Gasteiger partial charge in [-0.05, 0) is 47.7 Å². The number of thioether (sulfide) groups is 1. The van der Waals surface area contributed by atoms with E-state index in [9.17, 15) is 9.59 Å². The average molecular weight is 381 g/mol. The number of hydrogen-bond donors (Lipinski definition) is 0. The number of para-hydroxylation sites is 1. The van der Waals surface area contributed by atoms with Crippen LogP contribution in [0.2, 0.25) is 0 Å². The van der Waals surface area contributed by atoms with E-state index in [0.29, 0.717) is 23.0 Å². The van der Waals surface area contributed by atoms with Gasteiger partial charge in [-0.1, -0.05) is 43.0 Å². The zero-order valence-corrected chi connectivity index (χ0v) is 15.5. The Hall–Kier alpha value is -2.99. The third-order valence-electron chi connectivity index (χ3n) is 3.72. The van der Waals surface area contributed by atoms with Crippen LogP contribution in [0.25, 0.3) is 6.08 Å². The first kappa shape index (κ1) is 18.8. The molecule has 1 saturated heterocycles. The highest BCUT2D eigenvalue weighted by Gasteiger charge is 2.34. The van der Waals surface area contributed by atoms with Gasteiger partial charge in [-0.3, -0.25) is 14.5 Å². The molecule has 2 aromatic rings. The fraction of sp³-hybridized carbons (Fsp3) is 0.143. The molecule has 0 radical (unpaired) electrons. The molecule has 0 bridgehead atoms. The van der Waals surface area contributed by atoms with E-state index in [-0.39, 0.29) is 24.3 Å². The van der Waals surface area contributed by atoms with Crippen molar-refractivity contribution in [3.8, 4) is 11.5 Å². The number of amides is 2. The Morgan fingerprint density at radius 2 is 1.78 bits per heavy atom. The van der Waals surface area contributed by atoms with Crippen LogP contribution < -0.4 is 9.47 Å². The van der Waals surface area contributed by atoms with Crippen LogP contribution in [-0.2, 0) is 4.79 Å². The molecule has 2 amide bonds. The lowest BCUT2D eigenvalue weighted by atomic mass is 10.2. The largest absolute Gasteiger partial charge is 0.492 e. The quantitative estimate of drug-likeness (QED) is 0.502. The van der Waals surface area contributed by atoms with Crippen LogP contribution in [0.1, 0.15) is 5.56 Å². The predicted octanol–water partition coefficient (Wildman–Crippen LogP) is 4.37. The van der Waals surface area contributed by atoms with Gasteiger partial charge in [-0.15, -0.1) is 0 Å². The van der Waals surface area contributed by atoms with Crippen molar-refractivity contribution in [1.29, 1.82) is 0 Å². The molecule has 1 fully saturated rings. The van der Waals surface area contributed by atoms with Gasteiger partial charge in [0.25, 0.3) is 11.1 Å². The summed E-state index contributed by atoms with van der Waals surface area (Å²) in [5, 5.41) is -0.290. The van der Waals surface area contributed by atoms with Crippen LogP contribution in [0, 0.1) is 0 Å². The molecule has 0 aromatic heterocycles. The summed E-state index contributed by atoms with van der Waals surface area (Å²) in [7, 11) is 0. The minimum atomic E-state index is -0.306. The van der Waals surface area contributed by atoms with Gasteiger partial charge in [-0.2, -0.15) is 0 Å². The molecule has 5 nitrogen and oxygen atoms in total. The van der Waals surface area contributed by atoms with Crippen molar-refractivity contribution in [2.75, 3.05) is 19.8 Å². The van der Waals surface area contributed by atoms with E-state index in [0.717, 1.165) is 17.3 Å². The summed E-state index contributed by atoms with van der Waals surface area (Å²) < 4.78 is 11.1. The molecule has 0 aliphatic carbocycles. The van der Waals surface area contributed by atoms with Crippen LogP contribution >= 0.6 is 11.8 Å². The Balaban J connectivity index is 1.63. The van der Waals surface area contributed by atoms with Crippen molar-refractivity contribution >= 4 is 29.0 Å². The molecule has 27 heavy (non-hydrogen) atoms. The monoisotopic (exact) mass is 381 g/mol. The third-order valence-corrected chi connectivity index (χ3v) is 4.63. The third kappa shape index (κ3) is 5.01. The van der Waals surface area contributed by atoms with E-state index in [1.807, 2.05) is 54.6 Å². The fourth-order valence-corrected chi connectivity index (χ4v) is 3.33. The number of nitrogens with zero attached hydrogens (tertiary/aromatic N) is 1. The second-order valence-electron chi connectivity index (χ2n) is 5.67. The smallest absolute Gasteiger partial charge is 0.293 e. The molecule has 0 N–H and O–H groups in total. The highest BCUT2D eigenvalue weighted by atomic mass is 32.2. The number of rotatable bonds is 8. The van der Waals surface area contributed by atoms with Crippen molar-refractivity contribution in [2.24, 2.45) is 0 Å². The Morgan fingerprint density at radius 1 is 1.00 bits per heavy atom. The topological polar surface area (TPSA) is 55.8 Å². The molecule has 1 aliphatic heterocycles. The summed E-state index contributed by atoms with van der Waals surface area (Å²) in [6.07, 6.45) is 3.36. The summed E-state index contributed by atoms with van der Waals surface area (Å²) in [5.41, 5.74) is 0.794. The minimum absolute atomic E-state index is 0.208. The Kier molecular flexibility index (Phi) is 6.33. The van der Waals surface area contributed by atoms with Gasteiger partial charge in [0.15, 0.2) is 0 Å². The fourth-order valence-electron chi connectivity index (χ4n) is 2.46. The van der Waals surface area contributed by atoms with E-state index < -0.39 is 0 Å². The second kappa shape index (κ2) is 9.09. The molecule has 6 heteroatoms. The summed E-state index contributed by atoms with van der Waals surface area (Å²) in [6, 6.07) is 16.6. The first-order valence-corrected chi connectivity index (χ1v) is 9.26. The van der Waals surface area contributed by atoms with Gasteiger partial charge in [0, 0.05) is 0 Å². The van der Waals surface area contributed by atoms with E-state index in [2.05, 4.69) is 6.58 Å². The molecule has 1 aliphatic rings. The lowest BCUT2D eigenvalue weighted by Crippen LogP contribution is -2.32. The number of benzene rings is 2. The van der Waals surface area contributed by atoms with Crippen molar-refractivity contribution in [3.05, 3.63) is 77.7 Å². The van der Waals surface area contributed by atoms with Gasteiger partial charge < -0.3 is 9.47 Å². The summed E-state index contributed by atoms with van der Waals surface area (Å²) in [5.74, 6) is 1.08. The first-order valence-electron chi connectivity index (χ1n) is 8.44. The maximum atomic E-state index is 12.5. The number of imide groups is 1. The van der Waals surface area contributed by atoms with Crippen LogP contribution in [0.5, 0.6) is 11.5 Å². The molecular formula is C21H19NO4S. The summed E-state index contributed by atoms with van der Waals surface area (Å²) >= 11 is 0.933. The Labute approximate surface area is 162 Å². The minimum Gasteiger partial charge on any atom is -0.492 e. The summed E-state index contributed by atoms with van der Waals surface area (Å²) in [6.45, 7) is 4.48. The number of carbonyl (C=O) groups is 2. The van der Waals surface area contributed by atoms with Gasteiger partial charge in [0.2, 0.25) is 0 Å². The van der Waals surface area contributed by atoms with Gasteiger partial charge >= 0.3 is 0 Å². The van der Waals surface area contributed by atoms with Crippen LogP contribution in [-0.4, -0.2) is 35.8 Å². The molecule has 0 spiro atoms. The van der Waals surface area contributed by atoms with Crippen molar-refractivity contribution < 1.29 is 19.1 Å². The number of hydrogen-bond acceptors (Lipinski definition) is 5. The first-order chi connectivity index (χ1) is 13.2. The molecule has 0 atom stereocenters. The second-order valence-corrected chi connectivity index (χ2v) is 6.66. The Morgan fingerprint density at radius 3 is 2.56 bits per heavy atom. The molecular weight excluding hydrogens is 362 g/mol. The van der Waals surface area contributed by atoms with Gasteiger partial charge in [0.05, 0.1) is 11.4 Å². The standard InChI is InChI=1S/C21H19NO4S/c1-2-12-25-18-10-6-7-16(14-18)15-19-20(23)22(21(24)27-19)11-13-26-17-8-4-3-5-9-17/h2-10,14-15H,1,11-13H2/b19-15-. The SMILES string of the molecule is C=CCOc1cccc(/C=C2\SC(=O)N(CCOc3ccccc3)C2=O)c1. The lowest BCUT2D eigenvalue weighted by Gasteiger charge is -2.13. The maximum Gasteiger partial charge on any atom is 0.293 e. The molecule has 1 heterocycles. The molecule has 138 valence electrons. The predicted molar refractivity (Wildman–Crippen MR) is 107 cm³/mol. The summed E-state index contributed by atoms with van der Waals surface area (Å²) in [4.78, 5) is 26.3. The van der Waals surface area contributed by atoms with Gasteiger partial charge in [-0.25, -0.2) is 0 Å². The average Bonchev–Trinajstić information content (AvgIpc) is 2.95. The molecule has 3 rings (SSSR count). The van der Waals surface area contributed by atoms with E-state index >= 15 is 0 Å². The van der Waals surface area contributed by atoms with E-state index in [1.54, 1.807) is 12.2 Å². The highest BCUT2D eigenvalue weighted by Crippen LogP contribution is 2.32. The number of carbonyl (C=O) groups excluding carboxylic acids is 2. The normalized spacial score (nSPS) is 15.3. The van der Waals surface area contributed by atoms with Crippen molar-refractivity contribution in [3.63, 3.8) is 0 Å². The van der Waals surface area contributed by atoms with Crippen LogP contribution in [0.3, 0.4) is 0 Å². The zero-order chi connectivity index (χ0) is 19.1. The van der Waals surface area contributed by atoms with E-state index in [4.69, 9.17) is 9.47 Å².